The summed E-state index contributed by atoms with van der Waals surface area (Å²) in [5, 5.41) is 11.5. The molecule has 1 aliphatic rings. The van der Waals surface area contributed by atoms with Gasteiger partial charge in [-0.15, -0.1) is 0 Å². The second-order valence-electron chi connectivity index (χ2n) is 3.45. The molecule has 0 heterocycles. The average molecular weight is 157 g/mol. The van der Waals surface area contributed by atoms with E-state index in [1.54, 1.807) is 0 Å². The van der Waals surface area contributed by atoms with Crippen LogP contribution < -0.4 is 5.32 Å². The predicted molar refractivity (Wildman–Crippen MR) is 42.0 cm³/mol. The summed E-state index contributed by atoms with van der Waals surface area (Å²) in [4.78, 5) is 11.1. The van der Waals surface area contributed by atoms with E-state index in [-0.39, 0.29) is 24.5 Å². The van der Waals surface area contributed by atoms with Crippen LogP contribution in [0, 0.1) is 11.8 Å². The van der Waals surface area contributed by atoms with Gasteiger partial charge in [-0.25, -0.2) is 0 Å². The number of hydrogen-bond acceptors (Lipinski definition) is 2. The van der Waals surface area contributed by atoms with Gasteiger partial charge in [-0.05, 0) is 6.42 Å². The minimum atomic E-state index is 0.0509. The van der Waals surface area contributed by atoms with Crippen LogP contribution in [0.25, 0.3) is 0 Å². The topological polar surface area (TPSA) is 49.3 Å². The summed E-state index contributed by atoms with van der Waals surface area (Å²) < 4.78 is 0. The van der Waals surface area contributed by atoms with E-state index in [2.05, 4.69) is 5.32 Å². The van der Waals surface area contributed by atoms with Crippen LogP contribution in [0.5, 0.6) is 0 Å². The Morgan fingerprint density at radius 3 is 2.73 bits per heavy atom. The van der Waals surface area contributed by atoms with Crippen molar-refractivity contribution < 1.29 is 9.90 Å². The molecule has 1 rings (SSSR count). The van der Waals surface area contributed by atoms with Gasteiger partial charge in [-0.1, -0.05) is 13.8 Å². The van der Waals surface area contributed by atoms with Crippen molar-refractivity contribution in [1.82, 2.24) is 5.32 Å². The lowest BCUT2D eigenvalue weighted by atomic mass is 10.2. The molecule has 1 fully saturated rings. The predicted octanol–water partition coefficient (Wildman–Crippen LogP) is 0.139. The Hall–Kier alpha value is -0.570. The molecule has 1 saturated carbocycles. The van der Waals surface area contributed by atoms with E-state index < -0.39 is 0 Å². The van der Waals surface area contributed by atoms with E-state index in [4.69, 9.17) is 5.11 Å². The van der Waals surface area contributed by atoms with Gasteiger partial charge >= 0.3 is 0 Å². The molecule has 11 heavy (non-hydrogen) atoms. The second kappa shape index (κ2) is 3.22. The molecule has 0 aromatic carbocycles. The van der Waals surface area contributed by atoms with Crippen LogP contribution >= 0.6 is 0 Å². The number of carbonyl (C=O) groups is 1. The van der Waals surface area contributed by atoms with Crippen LogP contribution in [-0.2, 0) is 4.79 Å². The third-order valence-electron chi connectivity index (χ3n) is 2.01. The van der Waals surface area contributed by atoms with Gasteiger partial charge in [0.1, 0.15) is 0 Å². The van der Waals surface area contributed by atoms with Crippen LogP contribution in [-0.4, -0.2) is 23.7 Å². The maximum absolute atomic E-state index is 11.1. The highest BCUT2D eigenvalue weighted by atomic mass is 16.3. The standard InChI is InChI=1S/C8H15NO2/c1-5(2)8(11)9-7-3-6(7)4-10/h5-7,10H,3-4H2,1-2H3,(H,9,11)/t6-,7+/m0/s1. The zero-order valence-corrected chi connectivity index (χ0v) is 7.00. The lowest BCUT2D eigenvalue weighted by molar-refractivity contribution is -0.124. The molecular weight excluding hydrogens is 142 g/mol. The Balaban J connectivity index is 2.18. The van der Waals surface area contributed by atoms with Crippen LogP contribution in [0.15, 0.2) is 0 Å². The van der Waals surface area contributed by atoms with Gasteiger partial charge in [0, 0.05) is 24.5 Å². The van der Waals surface area contributed by atoms with Gasteiger partial charge < -0.3 is 10.4 Å². The van der Waals surface area contributed by atoms with Gasteiger partial charge in [-0.3, -0.25) is 4.79 Å². The van der Waals surface area contributed by atoms with Crippen LogP contribution in [0.2, 0.25) is 0 Å². The summed E-state index contributed by atoms with van der Waals surface area (Å²) >= 11 is 0. The first-order valence-electron chi connectivity index (χ1n) is 4.06. The van der Waals surface area contributed by atoms with Crippen molar-refractivity contribution in [3.63, 3.8) is 0 Å². The van der Waals surface area contributed by atoms with Crippen LogP contribution in [0.1, 0.15) is 20.3 Å². The van der Waals surface area contributed by atoms with Crippen molar-refractivity contribution in [3.8, 4) is 0 Å². The summed E-state index contributed by atoms with van der Waals surface area (Å²) in [7, 11) is 0. The fourth-order valence-corrected chi connectivity index (χ4v) is 0.976. The van der Waals surface area contributed by atoms with Gasteiger partial charge in [0.15, 0.2) is 0 Å². The van der Waals surface area contributed by atoms with Gasteiger partial charge in [0.2, 0.25) is 5.91 Å². The highest BCUT2D eigenvalue weighted by Gasteiger charge is 2.37. The molecule has 0 aromatic rings. The number of hydrogen-bond donors (Lipinski definition) is 2. The number of rotatable bonds is 3. The summed E-state index contributed by atoms with van der Waals surface area (Å²) in [6.45, 7) is 3.93. The molecule has 0 saturated heterocycles. The Bertz CT molecular complexity index is 156. The molecule has 0 spiro atoms. The Labute approximate surface area is 66.8 Å². The van der Waals surface area contributed by atoms with E-state index in [0.29, 0.717) is 5.92 Å². The highest BCUT2D eigenvalue weighted by Crippen LogP contribution is 2.29. The summed E-state index contributed by atoms with van der Waals surface area (Å²) in [6, 6.07) is 0.245. The minimum absolute atomic E-state index is 0.0509. The van der Waals surface area contributed by atoms with E-state index >= 15 is 0 Å². The molecular formula is C8H15NO2. The van der Waals surface area contributed by atoms with Crippen molar-refractivity contribution >= 4 is 5.91 Å². The molecule has 0 aliphatic heterocycles. The summed E-state index contributed by atoms with van der Waals surface area (Å²) in [5.74, 6) is 0.457. The molecule has 0 unspecified atom stereocenters. The van der Waals surface area contributed by atoms with Gasteiger partial charge in [-0.2, -0.15) is 0 Å². The molecule has 0 radical (unpaired) electrons. The number of amides is 1. The maximum atomic E-state index is 11.1. The zero-order valence-electron chi connectivity index (χ0n) is 7.00. The largest absolute Gasteiger partial charge is 0.396 e. The maximum Gasteiger partial charge on any atom is 0.222 e. The molecule has 3 heteroatoms. The van der Waals surface area contributed by atoms with E-state index in [1.807, 2.05) is 13.8 Å². The van der Waals surface area contributed by atoms with Crippen LogP contribution in [0.4, 0.5) is 0 Å². The fraction of sp³-hybridized carbons (Fsp3) is 0.875. The van der Waals surface area contributed by atoms with Crippen molar-refractivity contribution in [1.29, 1.82) is 0 Å². The smallest absolute Gasteiger partial charge is 0.222 e. The van der Waals surface area contributed by atoms with Gasteiger partial charge in [0.05, 0.1) is 0 Å². The third-order valence-corrected chi connectivity index (χ3v) is 2.01. The van der Waals surface area contributed by atoms with Crippen molar-refractivity contribution in [2.45, 2.75) is 26.3 Å². The highest BCUT2D eigenvalue weighted by molar-refractivity contribution is 5.78. The first-order valence-corrected chi connectivity index (χ1v) is 4.06. The Kier molecular flexibility index (Phi) is 2.49. The lowest BCUT2D eigenvalue weighted by Crippen LogP contribution is -2.30. The molecule has 0 aromatic heterocycles. The van der Waals surface area contributed by atoms with Crippen molar-refractivity contribution in [2.75, 3.05) is 6.61 Å². The first kappa shape index (κ1) is 8.53. The number of carbonyl (C=O) groups excluding carboxylic acids is 1. The monoisotopic (exact) mass is 157 g/mol. The number of aliphatic hydroxyl groups excluding tert-OH is 1. The molecule has 1 amide bonds. The average Bonchev–Trinajstić information content (AvgIpc) is 2.67. The Morgan fingerprint density at radius 2 is 2.36 bits per heavy atom. The van der Waals surface area contributed by atoms with E-state index in [9.17, 15) is 4.79 Å². The van der Waals surface area contributed by atoms with E-state index in [1.165, 1.54) is 0 Å². The molecule has 1 aliphatic carbocycles. The van der Waals surface area contributed by atoms with Crippen LogP contribution in [0.3, 0.4) is 0 Å². The lowest BCUT2D eigenvalue weighted by Gasteiger charge is -2.05. The zero-order chi connectivity index (χ0) is 8.43. The Morgan fingerprint density at radius 1 is 1.73 bits per heavy atom. The number of aliphatic hydroxyl groups is 1. The first-order chi connectivity index (χ1) is 5.15. The van der Waals surface area contributed by atoms with E-state index in [0.717, 1.165) is 6.42 Å². The van der Waals surface area contributed by atoms with Gasteiger partial charge in [0.25, 0.3) is 0 Å². The minimum Gasteiger partial charge on any atom is -0.396 e. The molecule has 64 valence electrons. The SMILES string of the molecule is CC(C)C(=O)N[C@@H]1C[C@H]1CO. The normalized spacial score (nSPS) is 28.7. The van der Waals surface area contributed by atoms with Crippen molar-refractivity contribution in [3.05, 3.63) is 0 Å². The van der Waals surface area contributed by atoms with Crippen molar-refractivity contribution in [2.24, 2.45) is 11.8 Å². The molecule has 2 atom stereocenters. The quantitative estimate of drug-likeness (QED) is 0.612. The molecule has 0 bridgehead atoms. The second-order valence-corrected chi connectivity index (χ2v) is 3.45. The fourth-order valence-electron chi connectivity index (χ4n) is 0.976. The summed E-state index contributed by atoms with van der Waals surface area (Å²) in [6.07, 6.45) is 0.939. The molecule has 3 nitrogen and oxygen atoms in total. The molecule has 2 N–H and O–H groups in total. The number of nitrogens with one attached hydrogen (secondary N) is 1. The third kappa shape index (κ3) is 2.19. The summed E-state index contributed by atoms with van der Waals surface area (Å²) in [5.41, 5.74) is 0.